The molecule has 4 aromatic rings. The number of H-pyrrole nitrogens is 1. The number of aromatic nitrogens is 6. The summed E-state index contributed by atoms with van der Waals surface area (Å²) in [6.07, 6.45) is 10.1. The van der Waals surface area contributed by atoms with E-state index in [-0.39, 0.29) is 12.2 Å². The number of methoxy groups -OCH3 is 2. The fourth-order valence-corrected chi connectivity index (χ4v) is 3.56. The Balaban J connectivity index is 0.000000261. The van der Waals surface area contributed by atoms with Gasteiger partial charge in [0.2, 0.25) is 0 Å². The molecule has 0 unspecified atom stereocenters. The van der Waals surface area contributed by atoms with Crippen LogP contribution >= 0.6 is 23.2 Å². The summed E-state index contributed by atoms with van der Waals surface area (Å²) in [7, 11) is 3.15. The van der Waals surface area contributed by atoms with E-state index in [9.17, 15) is 9.59 Å². The van der Waals surface area contributed by atoms with E-state index in [2.05, 4.69) is 30.0 Å². The van der Waals surface area contributed by atoms with Crippen LogP contribution in [0.4, 0.5) is 0 Å². The highest BCUT2D eigenvalue weighted by Gasteiger charge is 2.08. The molecule has 0 amide bonds. The van der Waals surface area contributed by atoms with Crippen LogP contribution in [0.2, 0.25) is 10.0 Å². The predicted molar refractivity (Wildman–Crippen MR) is 167 cm³/mol. The highest BCUT2D eigenvalue weighted by atomic mass is 35.5. The Labute approximate surface area is 265 Å². The van der Waals surface area contributed by atoms with Crippen molar-refractivity contribution in [2.45, 2.75) is 39.9 Å². The van der Waals surface area contributed by atoms with Gasteiger partial charge in [0.15, 0.2) is 11.6 Å². The number of halogens is 2. The third-order valence-electron chi connectivity index (χ3n) is 4.84. The molecule has 0 saturated carbocycles. The van der Waals surface area contributed by atoms with E-state index < -0.39 is 11.9 Å². The Bertz CT molecular complexity index is 1580. The molecular weight excluding hydrogens is 611 g/mol. The lowest BCUT2D eigenvalue weighted by molar-refractivity contribution is -0.141. The van der Waals surface area contributed by atoms with Crippen molar-refractivity contribution in [3.8, 4) is 46.6 Å². The van der Waals surface area contributed by atoms with Gasteiger partial charge in [-0.3, -0.25) is 5.10 Å². The number of rotatable bonds is 8. The Morgan fingerprint density at radius 1 is 0.909 bits per heavy atom. The first kappa shape index (κ1) is 35.3. The Hall–Kier alpha value is -4.86. The second-order valence-electron chi connectivity index (χ2n) is 9.04. The molecule has 0 atom stereocenters. The van der Waals surface area contributed by atoms with Crippen molar-refractivity contribution >= 4 is 41.3 Å². The molecule has 2 heterocycles. The molecule has 232 valence electrons. The number of aromatic amines is 1. The lowest BCUT2D eigenvalue weighted by atomic mass is 10.2. The Kier molecular flexibility index (Phi) is 14.4. The topological polar surface area (TPSA) is 143 Å². The van der Waals surface area contributed by atoms with E-state index in [1.165, 1.54) is 29.6 Å². The number of terminal acetylenes is 1. The van der Waals surface area contributed by atoms with Gasteiger partial charge < -0.3 is 18.9 Å². The lowest BCUT2D eigenvalue weighted by Gasteiger charge is -2.03. The first-order chi connectivity index (χ1) is 20.9. The molecule has 0 aliphatic rings. The second kappa shape index (κ2) is 17.9. The summed E-state index contributed by atoms with van der Waals surface area (Å²) in [6, 6.07) is 10.6. The van der Waals surface area contributed by atoms with Gasteiger partial charge in [-0.15, -0.1) is 11.5 Å². The normalized spacial score (nSPS) is 10.3. The summed E-state index contributed by atoms with van der Waals surface area (Å²) in [5.74, 6) is 3.27. The molecular formula is C30H32Cl2N6O6. The molecule has 0 spiro atoms. The van der Waals surface area contributed by atoms with Gasteiger partial charge in [0.25, 0.3) is 0 Å². The maximum Gasteiger partial charge on any atom is 0.384 e. The molecule has 2 aromatic carbocycles. The van der Waals surface area contributed by atoms with Crippen molar-refractivity contribution in [3.63, 3.8) is 0 Å². The van der Waals surface area contributed by atoms with Crippen molar-refractivity contribution < 1.29 is 28.5 Å². The van der Waals surface area contributed by atoms with Crippen LogP contribution < -0.4 is 9.47 Å². The maximum atomic E-state index is 11.4. The highest BCUT2D eigenvalue weighted by molar-refractivity contribution is 6.31. The zero-order chi connectivity index (χ0) is 32.6. The molecule has 44 heavy (non-hydrogen) atoms. The van der Waals surface area contributed by atoms with Crippen LogP contribution in [0.5, 0.6) is 11.5 Å². The number of carbonyl (C=O) groups is 2. The van der Waals surface area contributed by atoms with Gasteiger partial charge >= 0.3 is 11.9 Å². The number of ether oxygens (including phenoxy) is 4. The third-order valence-corrected chi connectivity index (χ3v) is 5.28. The molecule has 0 radical (unpaired) electrons. The van der Waals surface area contributed by atoms with Crippen LogP contribution in [0.25, 0.3) is 29.0 Å². The van der Waals surface area contributed by atoms with Crippen molar-refractivity contribution in [2.24, 2.45) is 0 Å². The third kappa shape index (κ3) is 12.6. The number of hydrogen-bond acceptors (Lipinski definition) is 10. The minimum absolute atomic E-state index is 0.112. The monoisotopic (exact) mass is 642 g/mol. The molecule has 4 rings (SSSR count). The second-order valence-corrected chi connectivity index (χ2v) is 9.91. The molecule has 0 aliphatic carbocycles. The van der Waals surface area contributed by atoms with E-state index in [1.54, 1.807) is 72.2 Å². The van der Waals surface area contributed by atoms with Gasteiger partial charge in [-0.1, -0.05) is 23.2 Å². The number of carbonyl (C=O) groups excluding carboxylic acids is 2. The van der Waals surface area contributed by atoms with Gasteiger partial charge in [0, 0.05) is 39.4 Å². The van der Waals surface area contributed by atoms with Gasteiger partial charge in [-0.25, -0.2) is 24.2 Å². The van der Waals surface area contributed by atoms with Crippen molar-refractivity contribution in [2.75, 3.05) is 14.2 Å². The van der Waals surface area contributed by atoms with Crippen LogP contribution in [0.1, 0.15) is 27.7 Å². The molecule has 12 nitrogen and oxygen atoms in total. The average molecular weight is 644 g/mol. The molecule has 14 heteroatoms. The summed E-state index contributed by atoms with van der Waals surface area (Å²) in [5, 5.41) is 11.9. The largest absolute Gasteiger partial charge is 0.497 e. The highest BCUT2D eigenvalue weighted by Crippen LogP contribution is 2.27. The Morgan fingerprint density at radius 3 is 2.00 bits per heavy atom. The first-order valence-electron chi connectivity index (χ1n) is 13.0. The van der Waals surface area contributed by atoms with Crippen molar-refractivity contribution in [1.82, 2.24) is 29.9 Å². The summed E-state index contributed by atoms with van der Waals surface area (Å²) < 4.78 is 21.2. The average Bonchev–Trinajstić information content (AvgIpc) is 3.68. The van der Waals surface area contributed by atoms with Gasteiger partial charge in [0.05, 0.1) is 26.4 Å². The standard InChI is InChI=1S/C15H16ClN3O3.C9H8ClN3O.C6H8O2/c1-10(2)22-14(20)4-5-19-9-17-15(18-19)11-6-12(16)8-13(7-11)21-3;1-14-8-3-6(2-7(10)4-8)9-11-5-12-13-9;1-4-6(7)8-5(2)3/h4-10H,1-3H3;2-5H,1H3,(H,11,12,13);1,5H,2-3H3/b5-4-;;. The summed E-state index contributed by atoms with van der Waals surface area (Å²) in [5.41, 5.74) is 1.58. The van der Waals surface area contributed by atoms with E-state index in [0.29, 0.717) is 33.2 Å². The quantitative estimate of drug-likeness (QED) is 0.109. The smallest absolute Gasteiger partial charge is 0.384 e. The summed E-state index contributed by atoms with van der Waals surface area (Å²) in [6.45, 7) is 7.06. The number of hydrogen-bond donors (Lipinski definition) is 1. The number of esters is 2. The molecule has 2 aromatic heterocycles. The molecule has 0 saturated heterocycles. The van der Waals surface area contributed by atoms with Crippen molar-refractivity contribution in [3.05, 3.63) is 65.2 Å². The SMILES string of the molecule is C#CC(=O)OC(C)C.COc1cc(Cl)cc(-c2ncn(/C=C\C(=O)OC(C)C)n2)c1.COc1cc(Cl)cc(-c2ncn[nH]2)c1. The van der Waals surface area contributed by atoms with Crippen LogP contribution in [-0.4, -0.2) is 68.3 Å². The minimum atomic E-state index is -0.597. The predicted octanol–water partition coefficient (Wildman–Crippen LogP) is 5.73. The Morgan fingerprint density at radius 2 is 1.50 bits per heavy atom. The van der Waals surface area contributed by atoms with Crippen LogP contribution in [0.3, 0.4) is 0 Å². The number of benzene rings is 2. The molecule has 0 fully saturated rings. The van der Waals surface area contributed by atoms with E-state index in [1.807, 2.05) is 12.0 Å². The fraction of sp³-hybridized carbons (Fsp3) is 0.267. The van der Waals surface area contributed by atoms with Gasteiger partial charge in [0.1, 0.15) is 24.2 Å². The minimum Gasteiger partial charge on any atom is -0.497 e. The van der Waals surface area contributed by atoms with Crippen molar-refractivity contribution in [1.29, 1.82) is 0 Å². The maximum absolute atomic E-state index is 11.4. The van der Waals surface area contributed by atoms with E-state index in [0.717, 1.165) is 11.1 Å². The van der Waals surface area contributed by atoms with Crippen LogP contribution in [0, 0.1) is 12.3 Å². The number of nitrogens with one attached hydrogen (secondary N) is 1. The van der Waals surface area contributed by atoms with E-state index >= 15 is 0 Å². The fourth-order valence-electron chi connectivity index (χ4n) is 3.11. The number of nitrogens with zero attached hydrogens (tertiary/aromatic N) is 5. The zero-order valence-corrected chi connectivity index (χ0v) is 26.5. The van der Waals surface area contributed by atoms with Crippen LogP contribution in [-0.2, 0) is 19.1 Å². The van der Waals surface area contributed by atoms with Crippen LogP contribution in [0.15, 0.2) is 55.1 Å². The first-order valence-corrected chi connectivity index (χ1v) is 13.7. The molecule has 0 bridgehead atoms. The summed E-state index contributed by atoms with van der Waals surface area (Å²) in [4.78, 5) is 29.8. The summed E-state index contributed by atoms with van der Waals surface area (Å²) >= 11 is 11.9. The lowest BCUT2D eigenvalue weighted by Crippen LogP contribution is -2.08. The van der Waals surface area contributed by atoms with Gasteiger partial charge in [-0.2, -0.15) is 5.10 Å². The molecule has 0 aliphatic heterocycles. The van der Waals surface area contributed by atoms with E-state index in [4.69, 9.17) is 43.8 Å². The van der Waals surface area contributed by atoms with Gasteiger partial charge in [-0.05, 0) is 64.1 Å². The zero-order valence-electron chi connectivity index (χ0n) is 24.9. The molecule has 1 N–H and O–H groups in total.